The molecule has 3 rings (SSSR count). The van der Waals surface area contributed by atoms with Gasteiger partial charge >= 0.3 is 0 Å². The van der Waals surface area contributed by atoms with Crippen LogP contribution in [0.1, 0.15) is 36.0 Å². The fourth-order valence-electron chi connectivity index (χ4n) is 3.85. The van der Waals surface area contributed by atoms with Crippen LogP contribution in [0.15, 0.2) is 12.1 Å². The van der Waals surface area contributed by atoms with E-state index in [0.717, 1.165) is 32.6 Å². The molecule has 1 unspecified atom stereocenters. The summed E-state index contributed by atoms with van der Waals surface area (Å²) in [6.45, 7) is 3.58. The molecule has 0 radical (unpaired) electrons. The second-order valence-electron chi connectivity index (χ2n) is 6.55. The number of piperidine rings is 2. The average molecular weight is 357 g/mol. The number of methoxy groups -OCH3 is 1. The van der Waals surface area contributed by atoms with Crippen molar-refractivity contribution < 1.29 is 9.53 Å². The number of ether oxygens (including phenoxy) is 1. The minimum Gasteiger partial charge on any atom is -0.494 e. The van der Waals surface area contributed by atoms with Crippen LogP contribution in [0.25, 0.3) is 0 Å². The Morgan fingerprint density at radius 1 is 1.26 bits per heavy atom. The van der Waals surface area contributed by atoms with Crippen molar-refractivity contribution in [3.8, 4) is 5.75 Å². The predicted molar refractivity (Wildman–Crippen MR) is 92.7 cm³/mol. The number of nitrogens with zero attached hydrogens (tertiary/aromatic N) is 1. The lowest BCUT2D eigenvalue weighted by molar-refractivity contribution is 0.0431. The number of hydrogen-bond donors (Lipinski definition) is 1. The van der Waals surface area contributed by atoms with Gasteiger partial charge in [-0.15, -0.1) is 0 Å². The van der Waals surface area contributed by atoms with Crippen molar-refractivity contribution in [2.45, 2.75) is 25.7 Å². The summed E-state index contributed by atoms with van der Waals surface area (Å²) in [5.41, 5.74) is 0.576. The third-order valence-electron chi connectivity index (χ3n) is 4.99. The largest absolute Gasteiger partial charge is 0.494 e. The second-order valence-corrected chi connectivity index (χ2v) is 7.36. The summed E-state index contributed by atoms with van der Waals surface area (Å²) in [5, 5.41) is 4.27. The third kappa shape index (κ3) is 3.30. The van der Waals surface area contributed by atoms with Gasteiger partial charge in [-0.25, -0.2) is 0 Å². The van der Waals surface area contributed by atoms with Crippen LogP contribution in [0, 0.1) is 5.41 Å². The molecule has 2 fully saturated rings. The van der Waals surface area contributed by atoms with Crippen molar-refractivity contribution in [2.24, 2.45) is 5.41 Å². The maximum atomic E-state index is 13.1. The monoisotopic (exact) mass is 356 g/mol. The zero-order chi connectivity index (χ0) is 16.4. The highest BCUT2D eigenvalue weighted by Gasteiger charge is 2.39. The Balaban J connectivity index is 1.87. The lowest BCUT2D eigenvalue weighted by Gasteiger charge is -2.45. The molecule has 1 spiro atoms. The zero-order valence-electron chi connectivity index (χ0n) is 13.3. The molecule has 0 bridgehead atoms. The van der Waals surface area contributed by atoms with Crippen LogP contribution in [0.4, 0.5) is 0 Å². The molecule has 0 saturated carbocycles. The minimum absolute atomic E-state index is 0.0843. The summed E-state index contributed by atoms with van der Waals surface area (Å²) < 4.78 is 5.33. The van der Waals surface area contributed by atoms with Crippen LogP contribution in [0.2, 0.25) is 10.0 Å². The third-order valence-corrected chi connectivity index (χ3v) is 5.60. The van der Waals surface area contributed by atoms with Gasteiger partial charge in [-0.1, -0.05) is 23.2 Å². The van der Waals surface area contributed by atoms with E-state index in [-0.39, 0.29) is 11.3 Å². The second kappa shape index (κ2) is 6.88. The van der Waals surface area contributed by atoms with Crippen molar-refractivity contribution in [3.63, 3.8) is 0 Å². The number of amides is 1. The van der Waals surface area contributed by atoms with Crippen LogP contribution in [-0.4, -0.2) is 44.1 Å². The molecule has 1 N–H and O–H groups in total. The van der Waals surface area contributed by atoms with Crippen LogP contribution in [-0.2, 0) is 0 Å². The highest BCUT2D eigenvalue weighted by atomic mass is 35.5. The topological polar surface area (TPSA) is 41.6 Å². The van der Waals surface area contributed by atoms with Crippen molar-refractivity contribution >= 4 is 29.1 Å². The van der Waals surface area contributed by atoms with E-state index in [1.165, 1.54) is 26.4 Å². The predicted octanol–water partition coefficient (Wildman–Crippen LogP) is 3.61. The molecule has 0 aliphatic carbocycles. The van der Waals surface area contributed by atoms with E-state index in [1.54, 1.807) is 12.1 Å². The molecule has 1 amide bonds. The number of carbonyl (C=O) groups excluding carboxylic acids is 1. The Morgan fingerprint density at radius 2 is 2.00 bits per heavy atom. The Labute approximate surface area is 147 Å². The molecular weight excluding hydrogens is 335 g/mol. The number of nitrogens with one attached hydrogen (secondary N) is 1. The normalized spacial score (nSPS) is 24.7. The van der Waals surface area contributed by atoms with Crippen molar-refractivity contribution in [2.75, 3.05) is 33.3 Å². The smallest absolute Gasteiger partial charge is 0.259 e. The van der Waals surface area contributed by atoms with E-state index in [4.69, 9.17) is 27.9 Å². The van der Waals surface area contributed by atoms with E-state index >= 15 is 0 Å². The van der Waals surface area contributed by atoms with Gasteiger partial charge in [-0.05, 0) is 44.4 Å². The van der Waals surface area contributed by atoms with E-state index in [1.807, 2.05) is 4.90 Å². The quantitative estimate of drug-likeness (QED) is 0.879. The van der Waals surface area contributed by atoms with Crippen LogP contribution < -0.4 is 10.1 Å². The first-order chi connectivity index (χ1) is 11.1. The van der Waals surface area contributed by atoms with Crippen molar-refractivity contribution in [1.29, 1.82) is 0 Å². The molecule has 4 nitrogen and oxygen atoms in total. The summed E-state index contributed by atoms with van der Waals surface area (Å²) >= 11 is 12.4. The summed E-state index contributed by atoms with van der Waals surface area (Å²) in [4.78, 5) is 15.0. The maximum Gasteiger partial charge on any atom is 0.259 e. The van der Waals surface area contributed by atoms with Gasteiger partial charge in [-0.2, -0.15) is 0 Å². The zero-order valence-corrected chi connectivity index (χ0v) is 14.8. The van der Waals surface area contributed by atoms with Gasteiger partial charge in [-0.3, -0.25) is 4.79 Å². The molecule has 23 heavy (non-hydrogen) atoms. The van der Waals surface area contributed by atoms with Gasteiger partial charge in [0.05, 0.1) is 17.2 Å². The van der Waals surface area contributed by atoms with Crippen LogP contribution in [0.5, 0.6) is 5.75 Å². The summed E-state index contributed by atoms with van der Waals surface area (Å²) in [5.74, 6) is 0.282. The fourth-order valence-corrected chi connectivity index (χ4v) is 4.31. The van der Waals surface area contributed by atoms with Crippen molar-refractivity contribution in [3.05, 3.63) is 27.7 Å². The standard InChI is InChI=1S/C17H22Cl2N2O2/c1-23-15-13(19)5-4-12(18)14(15)16(22)21-9-3-7-17(11-21)6-2-8-20-10-17/h4-5,20H,2-3,6-11H2,1H3. The van der Waals surface area contributed by atoms with Gasteiger partial charge in [0.25, 0.3) is 5.91 Å². The van der Waals surface area contributed by atoms with E-state index < -0.39 is 0 Å². The van der Waals surface area contributed by atoms with Gasteiger partial charge < -0.3 is 15.0 Å². The van der Waals surface area contributed by atoms with E-state index in [2.05, 4.69) is 5.32 Å². The molecule has 2 saturated heterocycles. The molecule has 2 heterocycles. The number of hydrogen-bond acceptors (Lipinski definition) is 3. The number of carbonyl (C=O) groups is 1. The Hall–Kier alpha value is -0.970. The molecule has 1 aromatic rings. The number of halogens is 2. The highest BCUT2D eigenvalue weighted by molar-refractivity contribution is 6.37. The van der Waals surface area contributed by atoms with Gasteiger partial charge in [0.15, 0.2) is 5.75 Å². The first-order valence-electron chi connectivity index (χ1n) is 8.08. The fraction of sp³-hybridized carbons (Fsp3) is 0.588. The minimum atomic E-state index is -0.0843. The molecule has 2 aliphatic heterocycles. The molecule has 0 aromatic heterocycles. The highest BCUT2D eigenvalue weighted by Crippen LogP contribution is 2.39. The van der Waals surface area contributed by atoms with Crippen LogP contribution >= 0.6 is 23.2 Å². The molecule has 6 heteroatoms. The molecule has 126 valence electrons. The number of likely N-dealkylation sites (tertiary alicyclic amines) is 1. The first-order valence-corrected chi connectivity index (χ1v) is 8.84. The van der Waals surface area contributed by atoms with Gasteiger partial charge in [0.1, 0.15) is 5.56 Å². The number of rotatable bonds is 2. The van der Waals surface area contributed by atoms with Gasteiger partial charge in [0.2, 0.25) is 0 Å². The lowest BCUT2D eigenvalue weighted by Crippen LogP contribution is -2.52. The summed E-state index contributed by atoms with van der Waals surface area (Å²) in [7, 11) is 1.51. The average Bonchev–Trinajstić information content (AvgIpc) is 2.57. The first kappa shape index (κ1) is 16.9. The Morgan fingerprint density at radius 3 is 2.70 bits per heavy atom. The molecule has 1 atom stereocenters. The van der Waals surface area contributed by atoms with Crippen LogP contribution in [0.3, 0.4) is 0 Å². The lowest BCUT2D eigenvalue weighted by atomic mass is 9.74. The Kier molecular flexibility index (Phi) is 5.04. The SMILES string of the molecule is COc1c(Cl)ccc(Cl)c1C(=O)N1CCCC2(CCCNC2)C1. The molecule has 1 aromatic carbocycles. The number of benzene rings is 1. The van der Waals surface area contributed by atoms with E-state index in [0.29, 0.717) is 21.4 Å². The maximum absolute atomic E-state index is 13.1. The summed E-state index contributed by atoms with van der Waals surface area (Å²) in [6.07, 6.45) is 4.53. The summed E-state index contributed by atoms with van der Waals surface area (Å²) in [6, 6.07) is 3.31. The molecular formula is C17H22Cl2N2O2. The van der Waals surface area contributed by atoms with E-state index in [9.17, 15) is 4.79 Å². The Bertz CT molecular complexity index is 595. The van der Waals surface area contributed by atoms with Crippen molar-refractivity contribution in [1.82, 2.24) is 10.2 Å². The van der Waals surface area contributed by atoms with Gasteiger partial charge in [0, 0.05) is 25.0 Å². The molecule has 2 aliphatic rings.